The molecule has 0 saturated carbocycles. The lowest BCUT2D eigenvalue weighted by atomic mass is 9.87. The SMILES string of the molecule is C[C@@H](Nc1c(Nc2ccnc(Nc3cccc(Cl)c3)n2)c(=O)c1=O)C(C)(C)C. The molecular weight excluding hydrogens is 378 g/mol. The van der Waals surface area contributed by atoms with E-state index in [0.29, 0.717) is 16.8 Å². The third-order valence-corrected chi connectivity index (χ3v) is 4.79. The van der Waals surface area contributed by atoms with Gasteiger partial charge in [0, 0.05) is 22.9 Å². The second-order valence-corrected chi connectivity index (χ2v) is 8.10. The number of anilines is 5. The number of hydrogen-bond donors (Lipinski definition) is 3. The molecule has 146 valence electrons. The first-order chi connectivity index (χ1) is 13.1. The van der Waals surface area contributed by atoms with Crippen molar-refractivity contribution >= 4 is 40.4 Å². The molecule has 2 aromatic carbocycles. The Hall–Kier alpha value is -2.93. The van der Waals surface area contributed by atoms with E-state index in [9.17, 15) is 9.59 Å². The summed E-state index contributed by atoms with van der Waals surface area (Å²) in [4.78, 5) is 32.5. The quantitative estimate of drug-likeness (QED) is 0.538. The van der Waals surface area contributed by atoms with Crippen molar-refractivity contribution in [2.45, 2.75) is 33.7 Å². The summed E-state index contributed by atoms with van der Waals surface area (Å²) in [6.45, 7) is 8.14. The van der Waals surface area contributed by atoms with E-state index in [4.69, 9.17) is 11.6 Å². The van der Waals surface area contributed by atoms with Gasteiger partial charge in [-0.05, 0) is 36.6 Å². The number of benzene rings is 1. The van der Waals surface area contributed by atoms with Gasteiger partial charge >= 0.3 is 0 Å². The topological polar surface area (TPSA) is 96.0 Å². The fraction of sp³-hybridized carbons (Fsp3) is 0.300. The summed E-state index contributed by atoms with van der Waals surface area (Å²) in [5.74, 6) is 0.738. The molecule has 28 heavy (non-hydrogen) atoms. The van der Waals surface area contributed by atoms with E-state index in [1.165, 1.54) is 0 Å². The van der Waals surface area contributed by atoms with Crippen LogP contribution in [0.3, 0.4) is 0 Å². The molecule has 0 aliphatic carbocycles. The summed E-state index contributed by atoms with van der Waals surface area (Å²) >= 11 is 5.98. The van der Waals surface area contributed by atoms with Gasteiger partial charge in [0.1, 0.15) is 17.2 Å². The number of aromatic nitrogens is 2. The Morgan fingerprint density at radius 3 is 2.43 bits per heavy atom. The van der Waals surface area contributed by atoms with E-state index < -0.39 is 10.9 Å². The van der Waals surface area contributed by atoms with Crippen molar-refractivity contribution in [1.29, 1.82) is 0 Å². The maximum absolute atomic E-state index is 12.0. The molecule has 3 N–H and O–H groups in total. The van der Waals surface area contributed by atoms with Crippen molar-refractivity contribution < 1.29 is 0 Å². The highest BCUT2D eigenvalue weighted by Crippen LogP contribution is 2.26. The predicted octanol–water partition coefficient (Wildman–Crippen LogP) is 4.06. The van der Waals surface area contributed by atoms with Crippen LogP contribution in [-0.4, -0.2) is 16.0 Å². The molecule has 1 atom stereocenters. The van der Waals surface area contributed by atoms with E-state index in [0.717, 1.165) is 5.69 Å². The van der Waals surface area contributed by atoms with Gasteiger partial charge in [-0.25, -0.2) is 4.98 Å². The molecule has 3 aromatic rings. The van der Waals surface area contributed by atoms with E-state index in [1.54, 1.807) is 24.4 Å². The predicted molar refractivity (Wildman–Crippen MR) is 114 cm³/mol. The first-order valence-electron chi connectivity index (χ1n) is 8.87. The molecule has 1 aromatic heterocycles. The summed E-state index contributed by atoms with van der Waals surface area (Å²) in [6, 6.07) is 8.78. The molecule has 0 unspecified atom stereocenters. The molecule has 0 amide bonds. The van der Waals surface area contributed by atoms with Gasteiger partial charge in [0.15, 0.2) is 0 Å². The molecule has 0 fully saturated rings. The fourth-order valence-corrected chi connectivity index (χ4v) is 2.58. The van der Waals surface area contributed by atoms with Crippen molar-refractivity contribution in [1.82, 2.24) is 9.97 Å². The van der Waals surface area contributed by atoms with Crippen LogP contribution in [0.15, 0.2) is 46.1 Å². The van der Waals surface area contributed by atoms with Crippen molar-refractivity contribution in [3.63, 3.8) is 0 Å². The average Bonchev–Trinajstić information content (AvgIpc) is 2.63. The summed E-state index contributed by atoms with van der Waals surface area (Å²) in [7, 11) is 0. The molecule has 8 heteroatoms. The molecule has 0 spiro atoms. The van der Waals surface area contributed by atoms with Gasteiger partial charge in [-0.3, -0.25) is 9.59 Å². The second-order valence-electron chi connectivity index (χ2n) is 7.67. The van der Waals surface area contributed by atoms with Crippen LogP contribution in [0.4, 0.5) is 28.8 Å². The normalized spacial score (nSPS) is 12.6. The smallest absolute Gasteiger partial charge is 0.253 e. The Kier molecular flexibility index (Phi) is 5.38. The first-order valence-corrected chi connectivity index (χ1v) is 9.25. The van der Waals surface area contributed by atoms with Gasteiger partial charge in [0.2, 0.25) is 5.95 Å². The monoisotopic (exact) mass is 399 g/mol. The second kappa shape index (κ2) is 7.59. The zero-order valence-electron chi connectivity index (χ0n) is 16.1. The third-order valence-electron chi connectivity index (χ3n) is 4.56. The highest BCUT2D eigenvalue weighted by molar-refractivity contribution is 6.30. The Balaban J connectivity index is 1.79. The molecule has 0 bridgehead atoms. The highest BCUT2D eigenvalue weighted by atomic mass is 35.5. The molecule has 1 heterocycles. The Bertz CT molecular complexity index is 1070. The molecule has 0 radical (unpaired) electrons. The van der Waals surface area contributed by atoms with Gasteiger partial charge in [0.25, 0.3) is 10.9 Å². The Morgan fingerprint density at radius 2 is 1.75 bits per heavy atom. The summed E-state index contributed by atoms with van der Waals surface area (Å²) in [5, 5.41) is 9.71. The lowest BCUT2D eigenvalue weighted by Crippen LogP contribution is -2.41. The lowest BCUT2D eigenvalue weighted by Gasteiger charge is -2.30. The minimum atomic E-state index is -0.563. The minimum Gasteiger partial charge on any atom is -0.377 e. The van der Waals surface area contributed by atoms with Gasteiger partial charge in [-0.1, -0.05) is 38.4 Å². The van der Waals surface area contributed by atoms with Crippen LogP contribution in [0.2, 0.25) is 5.02 Å². The van der Waals surface area contributed by atoms with Gasteiger partial charge in [0.05, 0.1) is 0 Å². The summed E-state index contributed by atoms with van der Waals surface area (Å²) < 4.78 is 0. The molecule has 0 saturated heterocycles. The van der Waals surface area contributed by atoms with Crippen molar-refractivity contribution in [3.8, 4) is 0 Å². The van der Waals surface area contributed by atoms with Crippen LogP contribution in [0.5, 0.6) is 0 Å². The minimum absolute atomic E-state index is 0.00167. The largest absolute Gasteiger partial charge is 0.377 e. The third kappa shape index (κ3) is 4.31. The first kappa shape index (κ1) is 19.8. The van der Waals surface area contributed by atoms with Gasteiger partial charge in [-0.2, -0.15) is 4.98 Å². The average molecular weight is 400 g/mol. The maximum Gasteiger partial charge on any atom is 0.253 e. The number of hydrogen-bond acceptors (Lipinski definition) is 7. The highest BCUT2D eigenvalue weighted by Gasteiger charge is 2.27. The van der Waals surface area contributed by atoms with E-state index in [1.807, 2.05) is 19.1 Å². The van der Waals surface area contributed by atoms with E-state index >= 15 is 0 Å². The van der Waals surface area contributed by atoms with Crippen molar-refractivity contribution in [2.24, 2.45) is 5.41 Å². The summed E-state index contributed by atoms with van der Waals surface area (Å²) in [6.07, 6.45) is 1.55. The molecule has 0 aliphatic heterocycles. The van der Waals surface area contributed by atoms with Crippen molar-refractivity contribution in [3.05, 3.63) is 62.0 Å². The number of halogens is 1. The fourth-order valence-electron chi connectivity index (χ4n) is 2.39. The standard InChI is InChI=1S/C20H22ClN5O2/c1-11(20(2,3)4)23-15-16(18(28)17(15)27)25-14-8-9-22-19(26-14)24-13-7-5-6-12(21)10-13/h5-11,23H,1-4H3,(H2,22,24,25,26)/t11-/m1/s1. The molecule has 0 aliphatic rings. The van der Waals surface area contributed by atoms with Crippen LogP contribution in [0.25, 0.3) is 0 Å². The van der Waals surface area contributed by atoms with Crippen LogP contribution in [0, 0.1) is 5.41 Å². The van der Waals surface area contributed by atoms with Crippen LogP contribution < -0.4 is 26.8 Å². The zero-order chi connectivity index (χ0) is 20.5. The van der Waals surface area contributed by atoms with E-state index in [2.05, 4.69) is 46.7 Å². The van der Waals surface area contributed by atoms with Gasteiger partial charge in [-0.15, -0.1) is 0 Å². The van der Waals surface area contributed by atoms with Crippen LogP contribution in [0.1, 0.15) is 27.7 Å². The Labute approximate surface area is 167 Å². The maximum atomic E-state index is 12.0. The van der Waals surface area contributed by atoms with Gasteiger partial charge < -0.3 is 16.0 Å². The summed E-state index contributed by atoms with van der Waals surface area (Å²) in [5.41, 5.74) is 0.0838. The number of nitrogens with zero attached hydrogens (tertiary/aromatic N) is 2. The Morgan fingerprint density at radius 1 is 1.04 bits per heavy atom. The molecule has 3 rings (SSSR count). The lowest BCUT2D eigenvalue weighted by molar-refractivity contribution is 0.359. The van der Waals surface area contributed by atoms with Crippen LogP contribution >= 0.6 is 11.6 Å². The zero-order valence-corrected chi connectivity index (χ0v) is 16.9. The van der Waals surface area contributed by atoms with Crippen molar-refractivity contribution in [2.75, 3.05) is 16.0 Å². The van der Waals surface area contributed by atoms with Crippen LogP contribution in [-0.2, 0) is 0 Å². The molecule has 7 nitrogen and oxygen atoms in total. The number of rotatable bonds is 6. The van der Waals surface area contributed by atoms with E-state index in [-0.39, 0.29) is 22.8 Å². The number of nitrogens with one attached hydrogen (secondary N) is 3. The molecular formula is C20H22ClN5O2.